The lowest BCUT2D eigenvalue weighted by Gasteiger charge is -2.10. The monoisotopic (exact) mass is 297 g/mol. The average Bonchev–Trinajstić information content (AvgIpc) is 2.21. The van der Waals surface area contributed by atoms with Crippen molar-refractivity contribution >= 4 is 33.2 Å². The first-order chi connectivity index (χ1) is 7.86. The van der Waals surface area contributed by atoms with Crippen LogP contribution >= 0.6 is 23.2 Å². The Morgan fingerprint density at radius 2 is 1.94 bits per heavy atom. The number of nitrogens with two attached hydrogens (primary N) is 1. The Bertz CT molecular complexity index is 503. The molecule has 1 aromatic carbocycles. The second-order valence-electron chi connectivity index (χ2n) is 3.46. The number of hydrogen-bond donors (Lipinski definition) is 1. The van der Waals surface area contributed by atoms with Crippen molar-refractivity contribution in [3.63, 3.8) is 0 Å². The van der Waals surface area contributed by atoms with E-state index in [0.717, 1.165) is 12.8 Å². The number of primary sulfonamides is 1. The van der Waals surface area contributed by atoms with Gasteiger partial charge in [-0.25, -0.2) is 13.6 Å². The molecule has 17 heavy (non-hydrogen) atoms. The molecule has 0 aliphatic rings. The highest BCUT2D eigenvalue weighted by atomic mass is 35.5. The van der Waals surface area contributed by atoms with E-state index in [9.17, 15) is 8.42 Å². The first-order valence-electron chi connectivity index (χ1n) is 5.01. The highest BCUT2D eigenvalue weighted by Gasteiger charge is 2.16. The molecule has 0 saturated heterocycles. The van der Waals surface area contributed by atoms with Crippen LogP contribution in [0.2, 0.25) is 10.0 Å². The van der Waals surface area contributed by atoms with Crippen molar-refractivity contribution in [1.82, 2.24) is 0 Å². The molecule has 0 aliphatic carbocycles. The lowest BCUT2D eigenvalue weighted by molar-refractivity contribution is 0.309. The van der Waals surface area contributed by atoms with Gasteiger partial charge in [0, 0.05) is 6.07 Å². The quantitative estimate of drug-likeness (QED) is 0.850. The van der Waals surface area contributed by atoms with E-state index >= 15 is 0 Å². The molecule has 4 nitrogen and oxygen atoms in total. The molecule has 1 aromatic rings. The largest absolute Gasteiger partial charge is 0.492 e. The van der Waals surface area contributed by atoms with E-state index in [1.165, 1.54) is 12.1 Å². The van der Waals surface area contributed by atoms with E-state index in [2.05, 4.69) is 0 Å². The molecule has 7 heteroatoms. The normalized spacial score (nSPS) is 11.5. The molecular weight excluding hydrogens is 285 g/mol. The molecule has 0 aromatic heterocycles. The summed E-state index contributed by atoms with van der Waals surface area (Å²) in [6.07, 6.45) is 1.87. The maximum Gasteiger partial charge on any atom is 0.239 e. The molecule has 1 rings (SSSR count). The summed E-state index contributed by atoms with van der Waals surface area (Å²) < 4.78 is 27.7. The van der Waals surface area contributed by atoms with Crippen LogP contribution < -0.4 is 9.88 Å². The number of halogens is 2. The Kier molecular flexibility index (Phi) is 5.06. The van der Waals surface area contributed by atoms with Gasteiger partial charge >= 0.3 is 0 Å². The van der Waals surface area contributed by atoms with Crippen LogP contribution in [0.25, 0.3) is 0 Å². The first-order valence-corrected chi connectivity index (χ1v) is 7.31. The molecule has 0 atom stereocenters. The van der Waals surface area contributed by atoms with Crippen LogP contribution in [0, 0.1) is 0 Å². The smallest absolute Gasteiger partial charge is 0.239 e. The number of hydrogen-bond acceptors (Lipinski definition) is 3. The summed E-state index contributed by atoms with van der Waals surface area (Å²) in [7, 11) is -3.87. The van der Waals surface area contributed by atoms with Crippen LogP contribution in [-0.2, 0) is 10.0 Å². The SMILES string of the molecule is CCCCOc1cc(Cl)c(S(N)(=O)=O)cc1Cl. The van der Waals surface area contributed by atoms with Crippen molar-refractivity contribution in [2.75, 3.05) is 6.61 Å². The lowest BCUT2D eigenvalue weighted by Crippen LogP contribution is -2.13. The van der Waals surface area contributed by atoms with Gasteiger partial charge in [0.15, 0.2) is 0 Å². The lowest BCUT2D eigenvalue weighted by atomic mass is 10.3. The summed E-state index contributed by atoms with van der Waals surface area (Å²) in [5, 5.41) is 5.17. The number of ether oxygens (including phenoxy) is 1. The molecule has 0 amide bonds. The Hall–Kier alpha value is -0.490. The van der Waals surface area contributed by atoms with Gasteiger partial charge in [-0.3, -0.25) is 0 Å². The maximum absolute atomic E-state index is 11.2. The molecule has 2 N–H and O–H groups in total. The number of rotatable bonds is 5. The zero-order valence-corrected chi connectivity index (χ0v) is 11.6. The highest BCUT2D eigenvalue weighted by Crippen LogP contribution is 2.33. The van der Waals surface area contributed by atoms with Crippen LogP contribution in [0.15, 0.2) is 17.0 Å². The molecule has 0 fully saturated rings. The third-order valence-corrected chi connectivity index (χ3v) is 3.72. The predicted octanol–water partition coefficient (Wildman–Crippen LogP) is 2.82. The zero-order chi connectivity index (χ0) is 13.1. The fraction of sp³-hybridized carbons (Fsp3) is 0.400. The van der Waals surface area contributed by atoms with Crippen molar-refractivity contribution in [3.05, 3.63) is 22.2 Å². The fourth-order valence-electron chi connectivity index (χ4n) is 1.17. The minimum absolute atomic E-state index is 0.00315. The van der Waals surface area contributed by atoms with Gasteiger partial charge in [0.2, 0.25) is 10.0 Å². The van der Waals surface area contributed by atoms with Gasteiger partial charge in [-0.05, 0) is 12.5 Å². The minimum Gasteiger partial charge on any atom is -0.492 e. The summed E-state index contributed by atoms with van der Waals surface area (Å²) in [6, 6.07) is 2.56. The maximum atomic E-state index is 11.2. The van der Waals surface area contributed by atoms with Gasteiger partial charge in [0.1, 0.15) is 10.6 Å². The van der Waals surface area contributed by atoms with Gasteiger partial charge in [0.25, 0.3) is 0 Å². The summed E-state index contributed by atoms with van der Waals surface area (Å²) in [5.41, 5.74) is 0. The van der Waals surface area contributed by atoms with Crippen molar-refractivity contribution in [2.24, 2.45) is 5.14 Å². The van der Waals surface area contributed by atoms with Crippen molar-refractivity contribution in [3.8, 4) is 5.75 Å². The number of unbranched alkanes of at least 4 members (excludes halogenated alkanes) is 1. The molecule has 0 aliphatic heterocycles. The van der Waals surface area contributed by atoms with E-state index in [1.807, 2.05) is 6.92 Å². The molecule has 0 saturated carbocycles. The van der Waals surface area contributed by atoms with Gasteiger partial charge in [-0.2, -0.15) is 0 Å². The van der Waals surface area contributed by atoms with Crippen LogP contribution in [0.1, 0.15) is 19.8 Å². The number of sulfonamides is 1. The van der Waals surface area contributed by atoms with Crippen molar-refractivity contribution < 1.29 is 13.2 Å². The third-order valence-electron chi connectivity index (χ3n) is 2.05. The minimum atomic E-state index is -3.87. The van der Waals surface area contributed by atoms with Crippen LogP contribution in [0.5, 0.6) is 5.75 Å². The van der Waals surface area contributed by atoms with Crippen LogP contribution in [0.3, 0.4) is 0 Å². The Morgan fingerprint density at radius 1 is 1.29 bits per heavy atom. The fourth-order valence-corrected chi connectivity index (χ4v) is 2.54. The summed E-state index contributed by atoms with van der Waals surface area (Å²) in [5.74, 6) is 0.359. The van der Waals surface area contributed by atoms with E-state index in [-0.39, 0.29) is 14.9 Å². The predicted molar refractivity (Wildman–Crippen MR) is 68.2 cm³/mol. The molecule has 0 unspecified atom stereocenters. The van der Waals surface area contributed by atoms with E-state index in [0.29, 0.717) is 12.4 Å². The Balaban J connectivity index is 3.02. The molecular formula is C10H13Cl2NO3S. The molecule has 96 valence electrons. The highest BCUT2D eigenvalue weighted by molar-refractivity contribution is 7.89. The van der Waals surface area contributed by atoms with Crippen LogP contribution in [-0.4, -0.2) is 15.0 Å². The van der Waals surface area contributed by atoms with Gasteiger partial charge < -0.3 is 4.74 Å². The summed E-state index contributed by atoms with van der Waals surface area (Å²) in [4.78, 5) is -0.202. The third kappa shape index (κ3) is 4.03. The summed E-state index contributed by atoms with van der Waals surface area (Å²) >= 11 is 11.7. The Labute approximate surface area is 111 Å². The van der Waals surface area contributed by atoms with Gasteiger partial charge in [0.05, 0.1) is 16.7 Å². The average molecular weight is 298 g/mol. The first kappa shape index (κ1) is 14.6. The topological polar surface area (TPSA) is 69.4 Å². The molecule has 0 spiro atoms. The van der Waals surface area contributed by atoms with Crippen molar-refractivity contribution in [2.45, 2.75) is 24.7 Å². The Morgan fingerprint density at radius 3 is 2.47 bits per heavy atom. The molecule has 0 heterocycles. The van der Waals surface area contributed by atoms with Gasteiger partial charge in [-0.1, -0.05) is 36.5 Å². The number of benzene rings is 1. The molecule has 0 bridgehead atoms. The van der Waals surface area contributed by atoms with E-state index < -0.39 is 10.0 Å². The van der Waals surface area contributed by atoms with Gasteiger partial charge in [-0.15, -0.1) is 0 Å². The zero-order valence-electron chi connectivity index (χ0n) is 9.24. The summed E-state index contributed by atoms with van der Waals surface area (Å²) in [6.45, 7) is 2.53. The van der Waals surface area contributed by atoms with Crippen molar-refractivity contribution in [1.29, 1.82) is 0 Å². The second-order valence-corrected chi connectivity index (χ2v) is 5.80. The van der Waals surface area contributed by atoms with Crippen LogP contribution in [0.4, 0.5) is 0 Å². The molecule has 0 radical (unpaired) electrons. The standard InChI is InChI=1S/C10H13Cl2NO3S/c1-2-3-4-16-9-5-8(12)10(6-7(9)11)17(13,14)15/h5-6H,2-4H2,1H3,(H2,13,14,15). The van der Waals surface area contributed by atoms with E-state index in [4.69, 9.17) is 33.1 Å². The second kappa shape index (κ2) is 5.91. The van der Waals surface area contributed by atoms with E-state index in [1.54, 1.807) is 0 Å².